The molecule has 2 heterocycles. The minimum Gasteiger partial charge on any atom is -0.295 e. The molecule has 2 aromatic rings. The van der Waals surface area contributed by atoms with Gasteiger partial charge in [-0.3, -0.25) is 9.20 Å². The van der Waals surface area contributed by atoms with E-state index < -0.39 is 11.9 Å². The maximum absolute atomic E-state index is 12.6. The molecule has 0 spiro atoms. The number of ketones is 1. The molecule has 0 aliphatic heterocycles. The summed E-state index contributed by atoms with van der Waals surface area (Å²) in [6.07, 6.45) is -3.37. The fraction of sp³-hybridized carbons (Fsp3) is 0.200. The van der Waals surface area contributed by atoms with Gasteiger partial charge >= 0.3 is 6.18 Å². The van der Waals surface area contributed by atoms with E-state index in [4.69, 9.17) is 0 Å². The van der Waals surface area contributed by atoms with Gasteiger partial charge in [-0.1, -0.05) is 6.07 Å². The molecular formula is C10H7F3N2O. The quantitative estimate of drug-likeness (QED) is 0.703. The van der Waals surface area contributed by atoms with E-state index in [1.54, 1.807) is 0 Å². The molecule has 0 saturated carbocycles. The smallest absolute Gasteiger partial charge is 0.295 e. The largest absolute Gasteiger partial charge is 0.431 e. The molecule has 0 fully saturated rings. The van der Waals surface area contributed by atoms with Gasteiger partial charge in [0.15, 0.2) is 5.78 Å². The Labute approximate surface area is 88.5 Å². The predicted molar refractivity (Wildman–Crippen MR) is 50.2 cm³/mol. The normalized spacial score (nSPS) is 12.0. The molecule has 2 rings (SSSR count). The Morgan fingerprint density at radius 1 is 1.38 bits per heavy atom. The second kappa shape index (κ2) is 3.33. The summed E-state index contributed by atoms with van der Waals surface area (Å²) in [5.74, 6) is -0.364. The fourth-order valence-corrected chi connectivity index (χ4v) is 1.41. The van der Waals surface area contributed by atoms with E-state index in [1.165, 1.54) is 19.1 Å². The molecule has 2 aromatic heterocycles. The van der Waals surface area contributed by atoms with E-state index in [2.05, 4.69) is 4.98 Å². The van der Waals surface area contributed by atoms with Gasteiger partial charge in [0.2, 0.25) is 0 Å². The van der Waals surface area contributed by atoms with Crippen LogP contribution in [0.1, 0.15) is 23.1 Å². The molecule has 0 unspecified atom stereocenters. The Kier molecular flexibility index (Phi) is 2.22. The highest BCUT2D eigenvalue weighted by atomic mass is 19.4. The van der Waals surface area contributed by atoms with Gasteiger partial charge in [-0.15, -0.1) is 0 Å². The lowest BCUT2D eigenvalue weighted by Crippen LogP contribution is -2.10. The van der Waals surface area contributed by atoms with Crippen molar-refractivity contribution in [3.8, 4) is 0 Å². The SMILES string of the molecule is CC(=O)c1cn2c(C(F)(F)F)cccc2n1. The number of alkyl halides is 3. The van der Waals surface area contributed by atoms with Gasteiger partial charge in [-0.05, 0) is 12.1 Å². The van der Waals surface area contributed by atoms with Gasteiger partial charge in [0.25, 0.3) is 0 Å². The maximum atomic E-state index is 12.6. The van der Waals surface area contributed by atoms with Crippen LogP contribution in [0.2, 0.25) is 0 Å². The summed E-state index contributed by atoms with van der Waals surface area (Å²) in [5, 5.41) is 0. The molecule has 0 aliphatic rings. The lowest BCUT2D eigenvalue weighted by atomic mass is 10.3. The lowest BCUT2D eigenvalue weighted by Gasteiger charge is -2.08. The summed E-state index contributed by atoms with van der Waals surface area (Å²) in [5.41, 5.74) is -0.707. The second-order valence-electron chi connectivity index (χ2n) is 3.32. The first-order chi connectivity index (χ1) is 7.39. The Morgan fingerprint density at radius 2 is 2.06 bits per heavy atom. The average molecular weight is 228 g/mol. The minimum atomic E-state index is -4.46. The lowest BCUT2D eigenvalue weighted by molar-refractivity contribution is -0.142. The molecule has 0 radical (unpaired) electrons. The fourth-order valence-electron chi connectivity index (χ4n) is 1.41. The van der Waals surface area contributed by atoms with Crippen molar-refractivity contribution in [2.75, 3.05) is 0 Å². The van der Waals surface area contributed by atoms with Gasteiger partial charge < -0.3 is 0 Å². The number of carbonyl (C=O) groups is 1. The average Bonchev–Trinajstić information content (AvgIpc) is 2.58. The minimum absolute atomic E-state index is 0.0247. The highest BCUT2D eigenvalue weighted by molar-refractivity contribution is 5.92. The van der Waals surface area contributed by atoms with Crippen molar-refractivity contribution < 1.29 is 18.0 Å². The van der Waals surface area contributed by atoms with Crippen molar-refractivity contribution in [1.29, 1.82) is 0 Å². The molecule has 0 saturated heterocycles. The third-order valence-corrected chi connectivity index (χ3v) is 2.14. The van der Waals surface area contributed by atoms with Crippen LogP contribution in [-0.2, 0) is 6.18 Å². The molecular weight excluding hydrogens is 221 g/mol. The number of imidazole rings is 1. The third kappa shape index (κ3) is 1.66. The summed E-state index contributed by atoms with van der Waals surface area (Å²) in [6, 6.07) is 3.62. The second-order valence-corrected chi connectivity index (χ2v) is 3.32. The number of halogens is 3. The number of fused-ring (bicyclic) bond motifs is 1. The summed E-state index contributed by atoms with van der Waals surface area (Å²) < 4.78 is 38.7. The Balaban J connectivity index is 2.73. The first kappa shape index (κ1) is 10.7. The third-order valence-electron chi connectivity index (χ3n) is 2.14. The number of hydrogen-bond acceptors (Lipinski definition) is 2. The van der Waals surface area contributed by atoms with Crippen molar-refractivity contribution in [2.24, 2.45) is 0 Å². The van der Waals surface area contributed by atoms with Crippen molar-refractivity contribution >= 4 is 11.4 Å². The predicted octanol–water partition coefficient (Wildman–Crippen LogP) is 2.56. The molecule has 6 heteroatoms. The highest BCUT2D eigenvalue weighted by Gasteiger charge is 2.33. The molecule has 0 aliphatic carbocycles. The van der Waals surface area contributed by atoms with Gasteiger partial charge in [0, 0.05) is 13.1 Å². The standard InChI is InChI=1S/C10H7F3N2O/c1-6(16)7-5-15-8(10(11,12)13)3-2-4-9(15)14-7/h2-5H,1H3. The monoisotopic (exact) mass is 228 g/mol. The van der Waals surface area contributed by atoms with Crippen LogP contribution in [0.4, 0.5) is 13.2 Å². The van der Waals surface area contributed by atoms with Gasteiger partial charge in [0.05, 0.1) is 0 Å². The number of Topliss-reactive ketones (excluding diaryl/α,β-unsaturated/α-hetero) is 1. The van der Waals surface area contributed by atoms with Gasteiger partial charge in [-0.2, -0.15) is 13.2 Å². The summed E-state index contributed by atoms with van der Waals surface area (Å²) in [7, 11) is 0. The topological polar surface area (TPSA) is 34.4 Å². The van der Waals surface area contributed by atoms with Crippen LogP contribution in [0.5, 0.6) is 0 Å². The van der Waals surface area contributed by atoms with Crippen molar-refractivity contribution in [1.82, 2.24) is 9.38 Å². The van der Waals surface area contributed by atoms with Crippen molar-refractivity contribution in [3.63, 3.8) is 0 Å². The van der Waals surface area contributed by atoms with Crippen LogP contribution >= 0.6 is 0 Å². The number of pyridine rings is 1. The van der Waals surface area contributed by atoms with Gasteiger partial charge in [0.1, 0.15) is 17.0 Å². The first-order valence-electron chi connectivity index (χ1n) is 4.46. The summed E-state index contributed by atoms with van der Waals surface area (Å²) in [6.45, 7) is 1.26. The van der Waals surface area contributed by atoms with Crippen LogP contribution in [-0.4, -0.2) is 15.2 Å². The number of aromatic nitrogens is 2. The maximum Gasteiger partial charge on any atom is 0.431 e. The first-order valence-corrected chi connectivity index (χ1v) is 4.46. The number of rotatable bonds is 1. The van der Waals surface area contributed by atoms with E-state index >= 15 is 0 Å². The molecule has 0 aromatic carbocycles. The van der Waals surface area contributed by atoms with Crippen LogP contribution in [0, 0.1) is 0 Å². The number of carbonyl (C=O) groups excluding carboxylic acids is 1. The number of hydrogen-bond donors (Lipinski definition) is 0. The molecule has 84 valence electrons. The molecule has 3 nitrogen and oxygen atoms in total. The molecule has 0 atom stereocenters. The zero-order valence-corrected chi connectivity index (χ0v) is 8.25. The zero-order chi connectivity index (χ0) is 11.9. The van der Waals surface area contributed by atoms with E-state index in [-0.39, 0.29) is 17.1 Å². The summed E-state index contributed by atoms with van der Waals surface area (Å²) in [4.78, 5) is 14.8. The Hall–Kier alpha value is -1.85. The van der Waals surface area contributed by atoms with Crippen molar-refractivity contribution in [3.05, 3.63) is 35.8 Å². The Bertz CT molecular complexity index is 557. The van der Waals surface area contributed by atoms with Gasteiger partial charge in [-0.25, -0.2) is 4.98 Å². The van der Waals surface area contributed by atoms with Crippen LogP contribution < -0.4 is 0 Å². The van der Waals surface area contributed by atoms with Crippen LogP contribution in [0.15, 0.2) is 24.4 Å². The van der Waals surface area contributed by atoms with Crippen molar-refractivity contribution in [2.45, 2.75) is 13.1 Å². The molecule has 0 bridgehead atoms. The van der Waals surface area contributed by atoms with E-state index in [9.17, 15) is 18.0 Å². The molecule has 16 heavy (non-hydrogen) atoms. The summed E-state index contributed by atoms with van der Waals surface area (Å²) >= 11 is 0. The Morgan fingerprint density at radius 3 is 2.62 bits per heavy atom. The van der Waals surface area contributed by atoms with Crippen LogP contribution in [0.25, 0.3) is 5.65 Å². The highest BCUT2D eigenvalue weighted by Crippen LogP contribution is 2.29. The van der Waals surface area contributed by atoms with E-state index in [1.807, 2.05) is 0 Å². The van der Waals surface area contributed by atoms with E-state index in [0.29, 0.717) is 0 Å². The molecule has 0 N–H and O–H groups in total. The zero-order valence-electron chi connectivity index (χ0n) is 8.25. The van der Waals surface area contributed by atoms with E-state index in [0.717, 1.165) is 16.7 Å². The molecule has 0 amide bonds. The van der Waals surface area contributed by atoms with Crippen LogP contribution in [0.3, 0.4) is 0 Å². The number of nitrogens with zero attached hydrogens (tertiary/aromatic N) is 2.